The molecule has 2 aromatic heterocycles. The molecule has 2 fully saturated rings. The lowest BCUT2D eigenvalue weighted by Gasteiger charge is -2.54. The predicted octanol–water partition coefficient (Wildman–Crippen LogP) is 5.61. The van der Waals surface area contributed by atoms with Gasteiger partial charge in [0.1, 0.15) is 23.9 Å². The number of aromatic amines is 1. The van der Waals surface area contributed by atoms with Crippen LogP contribution in [0.2, 0.25) is 0 Å². The van der Waals surface area contributed by atoms with Crippen molar-refractivity contribution in [3.63, 3.8) is 0 Å². The van der Waals surface area contributed by atoms with Gasteiger partial charge in [-0.15, -0.1) is 12.4 Å². The van der Waals surface area contributed by atoms with Crippen molar-refractivity contribution < 1.29 is 13.2 Å². The second kappa shape index (κ2) is 9.51. The zero-order valence-corrected chi connectivity index (χ0v) is 20.9. The number of H-pyrrole nitrogens is 1. The summed E-state index contributed by atoms with van der Waals surface area (Å²) in [4.78, 5) is 16.5. The van der Waals surface area contributed by atoms with Gasteiger partial charge >= 0.3 is 6.18 Å². The van der Waals surface area contributed by atoms with Gasteiger partial charge in [0.2, 0.25) is 0 Å². The van der Waals surface area contributed by atoms with E-state index >= 15 is 0 Å². The van der Waals surface area contributed by atoms with E-state index in [2.05, 4.69) is 43.0 Å². The Balaban J connectivity index is 0.00000280. The van der Waals surface area contributed by atoms with Crippen LogP contribution in [0.5, 0.6) is 0 Å². The van der Waals surface area contributed by atoms with Crippen LogP contribution in [-0.2, 0) is 13.0 Å². The van der Waals surface area contributed by atoms with Crippen LogP contribution in [0, 0.1) is 16.7 Å². The summed E-state index contributed by atoms with van der Waals surface area (Å²) in [6.07, 6.45) is -1.54. The highest BCUT2D eigenvalue weighted by atomic mass is 35.5. The highest BCUT2D eigenvalue weighted by Gasteiger charge is 2.45. The molecule has 6 nitrogen and oxygen atoms in total. The maximum absolute atomic E-state index is 12.9. The fourth-order valence-electron chi connectivity index (χ4n) is 5.70. The van der Waals surface area contributed by atoms with Crippen molar-refractivity contribution in [1.29, 1.82) is 5.26 Å². The van der Waals surface area contributed by atoms with Crippen molar-refractivity contribution in [2.24, 2.45) is 5.41 Å². The number of benzene rings is 2. The molecule has 0 radical (unpaired) electrons. The first-order valence-electron chi connectivity index (χ1n) is 12.1. The number of hydrogen-bond donors (Lipinski definition) is 1. The molecule has 37 heavy (non-hydrogen) atoms. The summed E-state index contributed by atoms with van der Waals surface area (Å²) >= 11 is 0. The first kappa shape index (κ1) is 25.3. The molecule has 2 aliphatic rings. The topological polar surface area (TPSA) is 71.8 Å². The smallest absolute Gasteiger partial charge is 0.355 e. The molecule has 2 aliphatic heterocycles. The lowest BCUT2D eigenvalue weighted by molar-refractivity contribution is -0.127. The number of anilines is 1. The van der Waals surface area contributed by atoms with Gasteiger partial charge < -0.3 is 9.88 Å². The number of hydrogen-bond acceptors (Lipinski definition) is 5. The molecule has 1 spiro atoms. The molecule has 0 unspecified atom stereocenters. The Bertz CT molecular complexity index is 1480. The molecule has 4 aromatic rings. The average Bonchev–Trinajstić information content (AvgIpc) is 3.25. The van der Waals surface area contributed by atoms with Crippen molar-refractivity contribution in [1.82, 2.24) is 19.9 Å². The second-order valence-corrected chi connectivity index (χ2v) is 10.2. The Morgan fingerprint density at radius 3 is 2.49 bits per heavy atom. The van der Waals surface area contributed by atoms with Gasteiger partial charge in [0, 0.05) is 41.3 Å². The van der Waals surface area contributed by atoms with Crippen molar-refractivity contribution in [3.8, 4) is 6.07 Å². The molecule has 0 aliphatic carbocycles. The van der Waals surface area contributed by atoms with Gasteiger partial charge in [-0.2, -0.15) is 18.4 Å². The summed E-state index contributed by atoms with van der Waals surface area (Å²) in [5, 5.41) is 10.8. The van der Waals surface area contributed by atoms with E-state index in [9.17, 15) is 13.2 Å². The maximum atomic E-state index is 12.9. The van der Waals surface area contributed by atoms with Crippen molar-refractivity contribution in [3.05, 3.63) is 65.6 Å². The molecule has 2 saturated heterocycles. The molecule has 0 bridgehead atoms. The Labute approximate surface area is 218 Å². The van der Waals surface area contributed by atoms with Gasteiger partial charge in [-0.05, 0) is 67.4 Å². The van der Waals surface area contributed by atoms with Gasteiger partial charge in [-0.1, -0.05) is 12.1 Å². The number of nitrogens with zero attached hydrogens (tertiary/aromatic N) is 5. The third-order valence-electron chi connectivity index (χ3n) is 7.56. The maximum Gasteiger partial charge on any atom is 0.393 e. The molecule has 192 valence electrons. The summed E-state index contributed by atoms with van der Waals surface area (Å²) in [6, 6.07) is 15.1. The number of alkyl halides is 3. The highest BCUT2D eigenvalue weighted by Crippen LogP contribution is 2.43. The Kier molecular flexibility index (Phi) is 6.50. The van der Waals surface area contributed by atoms with E-state index in [0.717, 1.165) is 62.3 Å². The largest absolute Gasteiger partial charge is 0.393 e. The molecule has 0 saturated carbocycles. The monoisotopic (exact) mass is 526 g/mol. The van der Waals surface area contributed by atoms with Crippen LogP contribution >= 0.6 is 12.4 Å². The van der Waals surface area contributed by atoms with E-state index in [1.54, 1.807) is 12.1 Å². The van der Waals surface area contributed by atoms with Gasteiger partial charge in [0.15, 0.2) is 0 Å². The number of fused-ring (bicyclic) bond motifs is 2. The van der Waals surface area contributed by atoms with Crippen LogP contribution < -0.4 is 4.90 Å². The van der Waals surface area contributed by atoms with Crippen molar-refractivity contribution in [2.75, 3.05) is 31.1 Å². The number of piperidine rings is 1. The summed E-state index contributed by atoms with van der Waals surface area (Å²) in [5.74, 6) is 0.730. The Morgan fingerprint density at radius 2 is 1.76 bits per heavy atom. The quantitative estimate of drug-likeness (QED) is 0.374. The normalized spacial score (nSPS) is 17.5. The van der Waals surface area contributed by atoms with Crippen LogP contribution in [0.1, 0.15) is 29.7 Å². The van der Waals surface area contributed by atoms with Gasteiger partial charge in [-0.25, -0.2) is 9.97 Å². The molecule has 4 heterocycles. The molecule has 2 aromatic carbocycles. The van der Waals surface area contributed by atoms with E-state index in [0.29, 0.717) is 16.6 Å². The third kappa shape index (κ3) is 5.09. The molecule has 1 N–H and O–H groups in total. The number of nitriles is 1. The van der Waals surface area contributed by atoms with Crippen molar-refractivity contribution >= 4 is 40.0 Å². The fourth-order valence-corrected chi connectivity index (χ4v) is 5.70. The van der Waals surface area contributed by atoms with Gasteiger partial charge in [0.05, 0.1) is 11.9 Å². The minimum atomic E-state index is -4.24. The summed E-state index contributed by atoms with van der Waals surface area (Å²) in [6.45, 7) is 4.61. The summed E-state index contributed by atoms with van der Waals surface area (Å²) in [5.41, 5.74) is 3.91. The van der Waals surface area contributed by atoms with Gasteiger partial charge in [-0.3, -0.25) is 4.90 Å². The fraction of sp³-hybridized carbons (Fsp3) is 0.370. The van der Waals surface area contributed by atoms with Crippen LogP contribution in [0.3, 0.4) is 0 Å². The molecule has 10 heteroatoms. The predicted molar refractivity (Wildman–Crippen MR) is 139 cm³/mol. The molecule has 0 atom stereocenters. The average molecular weight is 527 g/mol. The number of halogens is 4. The highest BCUT2D eigenvalue weighted by molar-refractivity contribution is 5.90. The first-order chi connectivity index (χ1) is 17.3. The molecular weight excluding hydrogens is 501 g/mol. The van der Waals surface area contributed by atoms with E-state index in [1.165, 1.54) is 18.0 Å². The van der Waals surface area contributed by atoms with Crippen LogP contribution in [0.25, 0.3) is 21.8 Å². The van der Waals surface area contributed by atoms with Crippen LogP contribution in [-0.4, -0.2) is 52.2 Å². The van der Waals surface area contributed by atoms with Crippen LogP contribution in [0.15, 0.2) is 48.8 Å². The van der Waals surface area contributed by atoms with Gasteiger partial charge in [0.25, 0.3) is 0 Å². The third-order valence-corrected chi connectivity index (χ3v) is 7.56. The van der Waals surface area contributed by atoms with E-state index in [4.69, 9.17) is 5.26 Å². The summed E-state index contributed by atoms with van der Waals surface area (Å²) in [7, 11) is 0. The van der Waals surface area contributed by atoms with E-state index in [-0.39, 0.29) is 23.4 Å². The number of rotatable bonds is 4. The second-order valence-electron chi connectivity index (χ2n) is 10.2. The minimum Gasteiger partial charge on any atom is -0.355 e. The van der Waals surface area contributed by atoms with Crippen molar-refractivity contribution in [2.45, 2.75) is 32.0 Å². The Morgan fingerprint density at radius 1 is 1.00 bits per heavy atom. The van der Waals surface area contributed by atoms with Crippen LogP contribution in [0.4, 0.5) is 19.0 Å². The van der Waals surface area contributed by atoms with E-state index in [1.807, 2.05) is 12.1 Å². The lowest BCUT2D eigenvalue weighted by Crippen LogP contribution is -2.60. The molecular formula is C27H26ClF3N6. The minimum absolute atomic E-state index is 0. The molecule has 0 amide bonds. The summed E-state index contributed by atoms with van der Waals surface area (Å²) < 4.78 is 38.7. The van der Waals surface area contributed by atoms with E-state index < -0.39 is 12.6 Å². The Hall–Kier alpha value is -3.35. The zero-order chi connectivity index (χ0) is 24.9. The standard InChI is InChI=1S/C27H25F3N6.ClH/c28-27(29,30)12-18-1-4-24-22(10-18)25(33-17-32-24)36-15-26(16-36)5-7-35(8-6-26)14-19-2-3-23-20(9-19)11-21(13-31)34-23;/h1-4,9-11,17,34H,5-8,12,14-16H2;1H. The SMILES string of the molecule is Cl.N#Cc1cc2cc(CN3CCC4(CC3)CN(c3ncnc5ccc(CC(F)(F)F)cc35)C4)ccc2[nH]1. The number of aromatic nitrogens is 3. The zero-order valence-electron chi connectivity index (χ0n) is 20.1. The molecule has 6 rings (SSSR count). The first-order valence-corrected chi connectivity index (χ1v) is 12.1. The number of likely N-dealkylation sites (tertiary alicyclic amines) is 1. The lowest BCUT2D eigenvalue weighted by atomic mass is 9.72. The number of nitrogens with one attached hydrogen (secondary N) is 1.